The highest BCUT2D eigenvalue weighted by Gasteiger charge is 2.16. The zero-order valence-electron chi connectivity index (χ0n) is 10.1. The molecule has 0 saturated heterocycles. The predicted molar refractivity (Wildman–Crippen MR) is 80.0 cm³/mol. The summed E-state index contributed by atoms with van der Waals surface area (Å²) in [6.07, 6.45) is 0. The monoisotopic (exact) mass is 339 g/mol. The second-order valence-electron chi connectivity index (χ2n) is 3.91. The van der Waals surface area contributed by atoms with E-state index in [4.69, 9.17) is 22.1 Å². The number of methoxy groups -OCH3 is 1. The average molecular weight is 341 g/mol. The number of ketones is 1. The van der Waals surface area contributed by atoms with Crippen LogP contribution in [0.3, 0.4) is 0 Å². The van der Waals surface area contributed by atoms with Crippen molar-refractivity contribution in [2.75, 3.05) is 12.8 Å². The molecule has 19 heavy (non-hydrogen) atoms. The van der Waals surface area contributed by atoms with Crippen LogP contribution < -0.4 is 10.5 Å². The van der Waals surface area contributed by atoms with E-state index in [1.165, 1.54) is 0 Å². The predicted octanol–water partition coefficient (Wildman–Crippen LogP) is 3.92. The Kier molecular flexibility index (Phi) is 4.12. The Bertz CT molecular complexity index is 643. The number of halogens is 2. The summed E-state index contributed by atoms with van der Waals surface area (Å²) < 4.78 is 5.74. The Labute approximate surface area is 124 Å². The Morgan fingerprint density at radius 1 is 1.21 bits per heavy atom. The van der Waals surface area contributed by atoms with Crippen LogP contribution in [0.5, 0.6) is 5.75 Å². The molecule has 0 saturated carbocycles. The van der Waals surface area contributed by atoms with Crippen molar-refractivity contribution in [1.82, 2.24) is 0 Å². The molecule has 0 amide bonds. The highest BCUT2D eigenvalue weighted by Crippen LogP contribution is 2.27. The van der Waals surface area contributed by atoms with Crippen molar-refractivity contribution in [3.63, 3.8) is 0 Å². The van der Waals surface area contributed by atoms with E-state index in [0.29, 0.717) is 32.1 Å². The second kappa shape index (κ2) is 5.63. The van der Waals surface area contributed by atoms with Crippen molar-refractivity contribution >= 4 is 39.0 Å². The molecule has 0 aliphatic rings. The van der Waals surface area contributed by atoms with Gasteiger partial charge in [-0.3, -0.25) is 4.79 Å². The molecule has 0 fully saturated rings. The first-order valence-corrected chi connectivity index (χ1v) is 6.63. The SMILES string of the molecule is COc1ccc(C(=O)c2cc(Cl)ccc2N)c(Br)c1. The van der Waals surface area contributed by atoms with E-state index in [9.17, 15) is 4.79 Å². The quantitative estimate of drug-likeness (QED) is 0.680. The van der Waals surface area contributed by atoms with Crippen LogP contribution >= 0.6 is 27.5 Å². The van der Waals surface area contributed by atoms with Crippen LogP contribution in [-0.4, -0.2) is 12.9 Å². The highest BCUT2D eigenvalue weighted by molar-refractivity contribution is 9.10. The Morgan fingerprint density at radius 3 is 2.58 bits per heavy atom. The van der Waals surface area contributed by atoms with Crippen molar-refractivity contribution < 1.29 is 9.53 Å². The van der Waals surface area contributed by atoms with Gasteiger partial charge in [0.05, 0.1) is 7.11 Å². The van der Waals surface area contributed by atoms with Gasteiger partial charge < -0.3 is 10.5 Å². The molecule has 0 heterocycles. The number of nitrogen functional groups attached to an aromatic ring is 1. The van der Waals surface area contributed by atoms with Crippen molar-refractivity contribution in [2.24, 2.45) is 0 Å². The summed E-state index contributed by atoms with van der Waals surface area (Å²) in [6.45, 7) is 0. The Balaban J connectivity index is 2.47. The standard InChI is InChI=1S/C14H11BrClNO2/c1-19-9-3-4-10(12(15)7-9)14(18)11-6-8(16)2-5-13(11)17/h2-7H,17H2,1H3. The maximum atomic E-state index is 12.4. The fourth-order valence-electron chi connectivity index (χ4n) is 1.68. The minimum Gasteiger partial charge on any atom is -0.497 e. The van der Waals surface area contributed by atoms with E-state index < -0.39 is 0 Å². The zero-order chi connectivity index (χ0) is 14.0. The van der Waals surface area contributed by atoms with Gasteiger partial charge in [0.1, 0.15) is 5.75 Å². The van der Waals surface area contributed by atoms with E-state index in [0.717, 1.165) is 0 Å². The van der Waals surface area contributed by atoms with Crippen LogP contribution in [0.25, 0.3) is 0 Å². The molecule has 5 heteroatoms. The summed E-state index contributed by atoms with van der Waals surface area (Å²) in [5.74, 6) is 0.483. The lowest BCUT2D eigenvalue weighted by atomic mass is 10.0. The maximum Gasteiger partial charge on any atom is 0.196 e. The summed E-state index contributed by atoms with van der Waals surface area (Å²) >= 11 is 9.25. The largest absolute Gasteiger partial charge is 0.497 e. The summed E-state index contributed by atoms with van der Waals surface area (Å²) in [4.78, 5) is 12.4. The summed E-state index contributed by atoms with van der Waals surface area (Å²) in [5, 5.41) is 0.474. The van der Waals surface area contributed by atoms with Gasteiger partial charge in [0.2, 0.25) is 0 Å². The molecule has 2 aromatic rings. The summed E-state index contributed by atoms with van der Waals surface area (Å²) in [7, 11) is 1.57. The van der Waals surface area contributed by atoms with E-state index >= 15 is 0 Å². The number of ether oxygens (including phenoxy) is 1. The summed E-state index contributed by atoms with van der Waals surface area (Å²) in [6, 6.07) is 9.97. The van der Waals surface area contributed by atoms with Gasteiger partial charge in [-0.2, -0.15) is 0 Å². The van der Waals surface area contributed by atoms with Crippen LogP contribution in [-0.2, 0) is 0 Å². The fraction of sp³-hybridized carbons (Fsp3) is 0.0714. The molecule has 0 bridgehead atoms. The first-order chi connectivity index (χ1) is 9.02. The lowest BCUT2D eigenvalue weighted by Gasteiger charge is -2.08. The number of carbonyl (C=O) groups excluding carboxylic acids is 1. The molecule has 2 aromatic carbocycles. The number of hydrogen-bond acceptors (Lipinski definition) is 3. The Morgan fingerprint density at radius 2 is 1.95 bits per heavy atom. The van der Waals surface area contributed by atoms with Gasteiger partial charge in [-0.05, 0) is 52.3 Å². The number of hydrogen-bond donors (Lipinski definition) is 1. The maximum absolute atomic E-state index is 12.4. The lowest BCUT2D eigenvalue weighted by molar-refractivity contribution is 0.103. The van der Waals surface area contributed by atoms with Crippen LogP contribution in [0.4, 0.5) is 5.69 Å². The third-order valence-electron chi connectivity index (χ3n) is 2.68. The minimum atomic E-state index is -0.186. The van der Waals surface area contributed by atoms with E-state index in [1.54, 1.807) is 43.5 Å². The average Bonchev–Trinajstić information content (AvgIpc) is 2.40. The Hall–Kier alpha value is -1.52. The van der Waals surface area contributed by atoms with E-state index in [-0.39, 0.29) is 5.78 Å². The molecule has 0 spiro atoms. The van der Waals surface area contributed by atoms with Gasteiger partial charge in [0.25, 0.3) is 0 Å². The van der Waals surface area contributed by atoms with Gasteiger partial charge in [-0.25, -0.2) is 0 Å². The first-order valence-electron chi connectivity index (χ1n) is 5.46. The number of rotatable bonds is 3. The van der Waals surface area contributed by atoms with E-state index in [1.807, 2.05) is 0 Å². The highest BCUT2D eigenvalue weighted by atomic mass is 79.9. The smallest absolute Gasteiger partial charge is 0.196 e. The van der Waals surface area contributed by atoms with Crippen molar-refractivity contribution in [2.45, 2.75) is 0 Å². The number of benzene rings is 2. The van der Waals surface area contributed by atoms with Gasteiger partial charge >= 0.3 is 0 Å². The van der Waals surface area contributed by atoms with Gasteiger partial charge in [0.15, 0.2) is 5.78 Å². The minimum absolute atomic E-state index is 0.186. The van der Waals surface area contributed by atoms with Crippen molar-refractivity contribution in [3.8, 4) is 5.75 Å². The van der Waals surface area contributed by atoms with Crippen molar-refractivity contribution in [1.29, 1.82) is 0 Å². The summed E-state index contributed by atoms with van der Waals surface area (Å²) in [5.41, 5.74) is 7.11. The van der Waals surface area contributed by atoms with Crippen LogP contribution in [0.15, 0.2) is 40.9 Å². The third-order valence-corrected chi connectivity index (χ3v) is 3.57. The first kappa shape index (κ1) is 13.9. The molecule has 0 aliphatic carbocycles. The molecular weight excluding hydrogens is 330 g/mol. The van der Waals surface area contributed by atoms with Crippen molar-refractivity contribution in [3.05, 3.63) is 57.0 Å². The number of nitrogens with two attached hydrogens (primary N) is 1. The number of anilines is 1. The second-order valence-corrected chi connectivity index (χ2v) is 5.20. The molecule has 0 atom stereocenters. The number of carbonyl (C=O) groups is 1. The molecule has 0 aliphatic heterocycles. The van der Waals surface area contributed by atoms with Gasteiger partial charge in [-0.15, -0.1) is 0 Å². The van der Waals surface area contributed by atoms with Crippen LogP contribution in [0.1, 0.15) is 15.9 Å². The molecule has 2 rings (SSSR count). The third kappa shape index (κ3) is 2.91. The molecule has 98 valence electrons. The molecule has 2 N–H and O–H groups in total. The topological polar surface area (TPSA) is 52.3 Å². The fourth-order valence-corrected chi connectivity index (χ4v) is 2.39. The molecular formula is C14H11BrClNO2. The lowest BCUT2D eigenvalue weighted by Crippen LogP contribution is -2.06. The van der Waals surface area contributed by atoms with Gasteiger partial charge in [0, 0.05) is 26.3 Å². The molecule has 0 radical (unpaired) electrons. The van der Waals surface area contributed by atoms with Gasteiger partial charge in [-0.1, -0.05) is 11.6 Å². The normalized spacial score (nSPS) is 10.3. The molecule has 0 unspecified atom stereocenters. The van der Waals surface area contributed by atoms with Crippen LogP contribution in [0.2, 0.25) is 5.02 Å². The molecule has 3 nitrogen and oxygen atoms in total. The molecule has 0 aromatic heterocycles. The zero-order valence-corrected chi connectivity index (χ0v) is 12.5. The van der Waals surface area contributed by atoms with Crippen LogP contribution in [0, 0.1) is 0 Å². The van der Waals surface area contributed by atoms with E-state index in [2.05, 4.69) is 15.9 Å².